The fourth-order valence-corrected chi connectivity index (χ4v) is 3.36. The van der Waals surface area contributed by atoms with Gasteiger partial charge in [-0.2, -0.15) is 0 Å². The van der Waals surface area contributed by atoms with E-state index in [9.17, 15) is 4.79 Å². The zero-order chi connectivity index (χ0) is 14.1. The highest BCUT2D eigenvalue weighted by atomic mass is 35.5. The van der Waals surface area contributed by atoms with Crippen molar-refractivity contribution in [2.24, 2.45) is 5.92 Å². The first-order valence-corrected chi connectivity index (χ1v) is 7.97. The lowest BCUT2D eigenvalue weighted by molar-refractivity contribution is 0.0593. The lowest BCUT2D eigenvalue weighted by atomic mass is 9.86. The SMILES string of the molecule is CC1CCC(N(C(=O)c2ccnc(Cl)c2)C2CC2)CC1. The number of halogens is 1. The van der Waals surface area contributed by atoms with Gasteiger partial charge < -0.3 is 4.90 Å². The van der Waals surface area contributed by atoms with Crippen molar-refractivity contribution in [2.45, 2.75) is 57.5 Å². The number of rotatable bonds is 3. The number of carbonyl (C=O) groups is 1. The Labute approximate surface area is 125 Å². The quantitative estimate of drug-likeness (QED) is 0.791. The molecule has 0 aromatic carbocycles. The molecule has 0 aliphatic heterocycles. The molecule has 20 heavy (non-hydrogen) atoms. The summed E-state index contributed by atoms with van der Waals surface area (Å²) in [7, 11) is 0. The van der Waals surface area contributed by atoms with Gasteiger partial charge in [-0.15, -0.1) is 0 Å². The highest BCUT2D eigenvalue weighted by Gasteiger charge is 2.38. The van der Waals surface area contributed by atoms with Gasteiger partial charge in [0.25, 0.3) is 5.91 Å². The first-order valence-electron chi connectivity index (χ1n) is 7.59. The van der Waals surface area contributed by atoms with E-state index in [1.165, 1.54) is 12.8 Å². The lowest BCUT2D eigenvalue weighted by Crippen LogP contribution is -2.43. The Morgan fingerprint density at radius 2 is 1.80 bits per heavy atom. The molecule has 1 aromatic rings. The molecule has 0 radical (unpaired) electrons. The van der Waals surface area contributed by atoms with Gasteiger partial charge in [0.05, 0.1) is 0 Å². The summed E-state index contributed by atoms with van der Waals surface area (Å²) in [5.41, 5.74) is 0.676. The molecular weight excluding hydrogens is 272 g/mol. The van der Waals surface area contributed by atoms with Gasteiger partial charge in [0.1, 0.15) is 5.15 Å². The van der Waals surface area contributed by atoms with Crippen molar-refractivity contribution in [3.63, 3.8) is 0 Å². The van der Waals surface area contributed by atoms with Gasteiger partial charge in [0.2, 0.25) is 0 Å². The number of hydrogen-bond acceptors (Lipinski definition) is 2. The summed E-state index contributed by atoms with van der Waals surface area (Å²) in [5, 5.41) is 0.392. The molecule has 0 unspecified atom stereocenters. The Hall–Kier alpha value is -1.09. The molecule has 1 heterocycles. The topological polar surface area (TPSA) is 33.2 Å². The maximum absolute atomic E-state index is 12.8. The molecule has 3 nitrogen and oxygen atoms in total. The number of aromatic nitrogens is 1. The van der Waals surface area contributed by atoms with Crippen LogP contribution in [-0.2, 0) is 0 Å². The maximum atomic E-state index is 12.8. The van der Waals surface area contributed by atoms with Crippen molar-refractivity contribution in [3.8, 4) is 0 Å². The molecule has 108 valence electrons. The molecule has 2 fully saturated rings. The molecule has 1 aromatic heterocycles. The van der Waals surface area contributed by atoms with Crippen molar-refractivity contribution in [1.82, 2.24) is 9.88 Å². The van der Waals surface area contributed by atoms with E-state index < -0.39 is 0 Å². The van der Waals surface area contributed by atoms with Crippen LogP contribution in [-0.4, -0.2) is 27.9 Å². The molecule has 2 saturated carbocycles. The second-order valence-electron chi connectivity index (χ2n) is 6.22. The van der Waals surface area contributed by atoms with Gasteiger partial charge in [-0.3, -0.25) is 4.79 Å². The molecule has 0 N–H and O–H groups in total. The average molecular weight is 293 g/mol. The van der Waals surface area contributed by atoms with Crippen molar-refractivity contribution < 1.29 is 4.79 Å². The average Bonchev–Trinajstić information content (AvgIpc) is 3.26. The van der Waals surface area contributed by atoms with Gasteiger partial charge in [-0.1, -0.05) is 18.5 Å². The largest absolute Gasteiger partial charge is 0.333 e. The summed E-state index contributed by atoms with van der Waals surface area (Å²) in [6, 6.07) is 4.32. The highest BCUT2D eigenvalue weighted by molar-refractivity contribution is 6.29. The van der Waals surface area contributed by atoms with E-state index in [4.69, 9.17) is 11.6 Å². The van der Waals surface area contributed by atoms with E-state index in [2.05, 4.69) is 16.8 Å². The van der Waals surface area contributed by atoms with Crippen LogP contribution in [0, 0.1) is 5.92 Å². The Bertz CT molecular complexity index is 493. The minimum Gasteiger partial charge on any atom is -0.333 e. The standard InChI is InChI=1S/C16H21ClN2O/c1-11-2-4-13(5-3-11)19(14-6-7-14)16(20)12-8-9-18-15(17)10-12/h8-11,13-14H,2-7H2,1H3. The number of hydrogen-bond donors (Lipinski definition) is 0. The maximum Gasteiger partial charge on any atom is 0.254 e. The molecule has 3 rings (SSSR count). The zero-order valence-electron chi connectivity index (χ0n) is 11.9. The Kier molecular flexibility index (Phi) is 3.97. The third-order valence-corrected chi connectivity index (χ3v) is 4.73. The van der Waals surface area contributed by atoms with Crippen LogP contribution in [0.1, 0.15) is 55.8 Å². The summed E-state index contributed by atoms with van der Waals surface area (Å²) in [6.45, 7) is 2.31. The van der Waals surface area contributed by atoms with E-state index in [1.807, 2.05) is 0 Å². The highest BCUT2D eigenvalue weighted by Crippen LogP contribution is 2.36. The van der Waals surface area contributed by atoms with Crippen molar-refractivity contribution in [1.29, 1.82) is 0 Å². The van der Waals surface area contributed by atoms with Gasteiger partial charge in [0, 0.05) is 23.8 Å². The Morgan fingerprint density at radius 1 is 1.20 bits per heavy atom. The fraction of sp³-hybridized carbons (Fsp3) is 0.625. The molecule has 1 amide bonds. The third kappa shape index (κ3) is 2.98. The first kappa shape index (κ1) is 13.9. The van der Waals surface area contributed by atoms with Gasteiger partial charge in [0.15, 0.2) is 0 Å². The molecule has 2 aliphatic carbocycles. The number of amides is 1. The minimum absolute atomic E-state index is 0.136. The summed E-state index contributed by atoms with van der Waals surface area (Å²) >= 11 is 5.91. The number of carbonyl (C=O) groups excluding carboxylic acids is 1. The monoisotopic (exact) mass is 292 g/mol. The summed E-state index contributed by atoms with van der Waals surface area (Å²) in [4.78, 5) is 18.9. The van der Waals surface area contributed by atoms with Gasteiger partial charge in [-0.25, -0.2) is 4.98 Å². The Balaban J connectivity index is 1.78. The second kappa shape index (κ2) is 5.72. The van der Waals surface area contributed by atoms with E-state index in [1.54, 1.807) is 18.3 Å². The number of pyridine rings is 1. The molecule has 2 aliphatic rings. The van der Waals surface area contributed by atoms with E-state index >= 15 is 0 Å². The van der Waals surface area contributed by atoms with Crippen LogP contribution < -0.4 is 0 Å². The minimum atomic E-state index is 0.136. The van der Waals surface area contributed by atoms with Crippen LogP contribution in [0.25, 0.3) is 0 Å². The third-order valence-electron chi connectivity index (χ3n) is 4.53. The summed E-state index contributed by atoms with van der Waals surface area (Å²) in [6.07, 6.45) is 8.66. The van der Waals surface area contributed by atoms with E-state index in [0.29, 0.717) is 22.8 Å². The smallest absolute Gasteiger partial charge is 0.254 e. The van der Waals surface area contributed by atoms with Crippen molar-refractivity contribution in [3.05, 3.63) is 29.0 Å². The molecule has 4 heteroatoms. The van der Waals surface area contributed by atoms with Crippen LogP contribution in [0.15, 0.2) is 18.3 Å². The van der Waals surface area contributed by atoms with E-state index in [0.717, 1.165) is 31.6 Å². The van der Waals surface area contributed by atoms with Crippen LogP contribution in [0.3, 0.4) is 0 Å². The normalized spacial score (nSPS) is 26.3. The van der Waals surface area contributed by atoms with E-state index in [-0.39, 0.29) is 5.91 Å². The predicted octanol–water partition coefficient (Wildman–Crippen LogP) is 3.92. The fourth-order valence-electron chi connectivity index (χ4n) is 3.19. The summed E-state index contributed by atoms with van der Waals surface area (Å²) < 4.78 is 0. The molecule has 0 bridgehead atoms. The summed E-state index contributed by atoms with van der Waals surface area (Å²) in [5.74, 6) is 0.939. The molecule has 0 saturated heterocycles. The molecular formula is C16H21ClN2O. The van der Waals surface area contributed by atoms with Crippen LogP contribution in [0.2, 0.25) is 5.15 Å². The lowest BCUT2D eigenvalue weighted by Gasteiger charge is -2.36. The van der Waals surface area contributed by atoms with Gasteiger partial charge in [-0.05, 0) is 56.6 Å². The zero-order valence-corrected chi connectivity index (χ0v) is 12.6. The molecule has 0 spiro atoms. The van der Waals surface area contributed by atoms with Crippen LogP contribution in [0.5, 0.6) is 0 Å². The van der Waals surface area contributed by atoms with Crippen LogP contribution in [0.4, 0.5) is 0 Å². The number of nitrogens with zero attached hydrogens (tertiary/aromatic N) is 2. The van der Waals surface area contributed by atoms with Crippen LogP contribution >= 0.6 is 11.6 Å². The molecule has 0 atom stereocenters. The first-order chi connectivity index (χ1) is 9.65. The second-order valence-corrected chi connectivity index (χ2v) is 6.61. The van der Waals surface area contributed by atoms with Crippen molar-refractivity contribution in [2.75, 3.05) is 0 Å². The predicted molar refractivity (Wildman–Crippen MR) is 79.9 cm³/mol. The van der Waals surface area contributed by atoms with Crippen molar-refractivity contribution >= 4 is 17.5 Å². The Morgan fingerprint density at radius 3 is 2.35 bits per heavy atom. The van der Waals surface area contributed by atoms with Gasteiger partial charge >= 0.3 is 0 Å².